The predicted molar refractivity (Wildman–Crippen MR) is 108 cm³/mol. The van der Waals surface area contributed by atoms with Gasteiger partial charge < -0.3 is 9.64 Å². The van der Waals surface area contributed by atoms with E-state index < -0.39 is 0 Å². The largest absolute Gasteiger partial charge is 0.490 e. The Kier molecular flexibility index (Phi) is 6.16. The van der Waals surface area contributed by atoms with Gasteiger partial charge in [-0.3, -0.25) is 4.90 Å². The highest BCUT2D eigenvalue weighted by molar-refractivity contribution is 5.37. The molecule has 1 atom stereocenters. The molecule has 0 aromatic heterocycles. The van der Waals surface area contributed by atoms with Gasteiger partial charge in [0, 0.05) is 26.2 Å². The molecule has 1 saturated heterocycles. The summed E-state index contributed by atoms with van der Waals surface area (Å²) >= 11 is 0. The van der Waals surface area contributed by atoms with E-state index in [9.17, 15) is 0 Å². The number of hydrogen-bond acceptors (Lipinski definition) is 3. The van der Waals surface area contributed by atoms with E-state index in [4.69, 9.17) is 4.74 Å². The van der Waals surface area contributed by atoms with Crippen molar-refractivity contribution in [3.63, 3.8) is 0 Å². The highest BCUT2D eigenvalue weighted by Crippen LogP contribution is 2.29. The first-order valence-corrected chi connectivity index (χ1v) is 11.0. The van der Waals surface area contributed by atoms with Crippen molar-refractivity contribution < 1.29 is 4.74 Å². The minimum absolute atomic E-state index is 0.389. The topological polar surface area (TPSA) is 15.7 Å². The Labute approximate surface area is 159 Å². The second kappa shape index (κ2) is 8.75. The van der Waals surface area contributed by atoms with Gasteiger partial charge in [0.05, 0.1) is 6.10 Å². The first-order valence-electron chi connectivity index (χ1n) is 11.0. The fraction of sp³-hybridized carbons (Fsp3) is 0.739. The van der Waals surface area contributed by atoms with Gasteiger partial charge in [0.2, 0.25) is 0 Å². The third-order valence-electron chi connectivity index (χ3n) is 6.71. The summed E-state index contributed by atoms with van der Waals surface area (Å²) in [5, 5.41) is 0. The van der Waals surface area contributed by atoms with Crippen LogP contribution in [0.15, 0.2) is 18.2 Å². The molecule has 3 aliphatic rings. The smallest absolute Gasteiger partial charge is 0.120 e. The van der Waals surface area contributed by atoms with E-state index in [1.165, 1.54) is 82.1 Å². The van der Waals surface area contributed by atoms with Gasteiger partial charge in [-0.15, -0.1) is 0 Å². The summed E-state index contributed by atoms with van der Waals surface area (Å²) in [6, 6.07) is 6.88. The lowest BCUT2D eigenvalue weighted by molar-refractivity contribution is 0.178. The summed E-state index contributed by atoms with van der Waals surface area (Å²) in [6.45, 7) is 6.03. The molecular weight excluding hydrogens is 320 g/mol. The summed E-state index contributed by atoms with van der Waals surface area (Å²) in [6.07, 6.45) is 12.4. The molecule has 1 aliphatic carbocycles. The van der Waals surface area contributed by atoms with Crippen molar-refractivity contribution in [3.05, 3.63) is 29.3 Å². The maximum absolute atomic E-state index is 6.39. The van der Waals surface area contributed by atoms with Crippen molar-refractivity contribution in [1.29, 1.82) is 0 Å². The third-order valence-corrected chi connectivity index (χ3v) is 6.71. The molecule has 0 spiro atoms. The third kappa shape index (κ3) is 4.80. The van der Waals surface area contributed by atoms with Crippen LogP contribution < -0.4 is 4.74 Å². The van der Waals surface area contributed by atoms with Crippen LogP contribution in [0, 0.1) is 5.92 Å². The van der Waals surface area contributed by atoms with Crippen LogP contribution in [-0.2, 0) is 13.0 Å². The lowest BCUT2D eigenvalue weighted by Gasteiger charge is -2.33. The van der Waals surface area contributed by atoms with Crippen molar-refractivity contribution in [1.82, 2.24) is 9.80 Å². The summed E-state index contributed by atoms with van der Waals surface area (Å²) < 4.78 is 6.39. The molecule has 2 fully saturated rings. The van der Waals surface area contributed by atoms with Gasteiger partial charge in [0.1, 0.15) is 5.75 Å². The second-order valence-electron chi connectivity index (χ2n) is 8.89. The van der Waals surface area contributed by atoms with Crippen molar-refractivity contribution in [2.75, 3.05) is 33.2 Å². The molecule has 2 heterocycles. The van der Waals surface area contributed by atoms with Crippen LogP contribution >= 0.6 is 0 Å². The van der Waals surface area contributed by atoms with Crippen molar-refractivity contribution in [2.45, 2.75) is 70.4 Å². The van der Waals surface area contributed by atoms with Crippen LogP contribution in [0.2, 0.25) is 0 Å². The van der Waals surface area contributed by atoms with Crippen LogP contribution in [0.3, 0.4) is 0 Å². The minimum Gasteiger partial charge on any atom is -0.490 e. The van der Waals surface area contributed by atoms with E-state index in [1.54, 1.807) is 0 Å². The number of ether oxygens (including phenoxy) is 1. The van der Waals surface area contributed by atoms with E-state index >= 15 is 0 Å². The van der Waals surface area contributed by atoms with Crippen LogP contribution in [0.1, 0.15) is 62.5 Å². The number of nitrogens with zero attached hydrogens (tertiary/aromatic N) is 2. The first kappa shape index (κ1) is 18.3. The Morgan fingerprint density at radius 2 is 1.81 bits per heavy atom. The molecule has 3 heteroatoms. The van der Waals surface area contributed by atoms with Gasteiger partial charge >= 0.3 is 0 Å². The maximum atomic E-state index is 6.39. The van der Waals surface area contributed by atoms with E-state index in [0.717, 1.165) is 31.2 Å². The zero-order valence-electron chi connectivity index (χ0n) is 16.6. The fourth-order valence-corrected chi connectivity index (χ4v) is 5.08. The number of hydrogen-bond donors (Lipinski definition) is 0. The van der Waals surface area contributed by atoms with E-state index in [0.29, 0.717) is 6.10 Å². The fourth-order valence-electron chi connectivity index (χ4n) is 5.08. The Bertz CT molecular complexity index is 582. The molecule has 144 valence electrons. The highest BCUT2D eigenvalue weighted by Gasteiger charge is 2.22. The quantitative estimate of drug-likeness (QED) is 0.791. The van der Waals surface area contributed by atoms with Gasteiger partial charge in [0.15, 0.2) is 0 Å². The minimum atomic E-state index is 0.389. The van der Waals surface area contributed by atoms with Gasteiger partial charge in [-0.2, -0.15) is 0 Å². The SMILES string of the molecule is CN1CCCC(Oc2ccc3c(c2)CN(CC2CCCCC2)CC3)CC1. The van der Waals surface area contributed by atoms with Gasteiger partial charge in [0.25, 0.3) is 0 Å². The lowest BCUT2D eigenvalue weighted by atomic mass is 9.88. The van der Waals surface area contributed by atoms with E-state index in [-0.39, 0.29) is 0 Å². The molecule has 26 heavy (non-hydrogen) atoms. The number of fused-ring (bicyclic) bond motifs is 1. The Morgan fingerprint density at radius 1 is 0.923 bits per heavy atom. The molecular formula is C23H36N2O. The van der Waals surface area contributed by atoms with Crippen LogP contribution in [0.4, 0.5) is 0 Å². The zero-order chi connectivity index (χ0) is 17.8. The standard InChI is InChI=1S/C23H36N2O/c1-24-13-5-8-22(12-14-24)26-23-10-9-20-11-15-25(18-21(20)16-23)17-19-6-3-2-4-7-19/h9-10,16,19,22H,2-8,11-15,17-18H2,1H3. The summed E-state index contributed by atoms with van der Waals surface area (Å²) in [5.74, 6) is 2.03. The summed E-state index contributed by atoms with van der Waals surface area (Å²) in [7, 11) is 2.22. The van der Waals surface area contributed by atoms with Gasteiger partial charge in [-0.1, -0.05) is 25.3 Å². The van der Waals surface area contributed by atoms with Gasteiger partial charge in [-0.05, 0) is 81.3 Å². The summed E-state index contributed by atoms with van der Waals surface area (Å²) in [5.41, 5.74) is 3.05. The molecule has 1 unspecified atom stereocenters. The predicted octanol–water partition coefficient (Wildman–Crippen LogP) is 4.49. The number of likely N-dealkylation sites (tertiary alicyclic amines) is 1. The molecule has 1 saturated carbocycles. The van der Waals surface area contributed by atoms with E-state index in [1.807, 2.05) is 0 Å². The van der Waals surface area contributed by atoms with Crippen LogP contribution in [0.25, 0.3) is 0 Å². The molecule has 0 radical (unpaired) electrons. The van der Waals surface area contributed by atoms with Crippen LogP contribution in [-0.4, -0.2) is 49.1 Å². The second-order valence-corrected chi connectivity index (χ2v) is 8.89. The Hall–Kier alpha value is -1.06. The molecule has 2 aliphatic heterocycles. The number of benzene rings is 1. The molecule has 1 aromatic carbocycles. The molecule has 0 bridgehead atoms. The van der Waals surface area contributed by atoms with Crippen molar-refractivity contribution >= 4 is 0 Å². The lowest BCUT2D eigenvalue weighted by Crippen LogP contribution is -2.35. The molecule has 0 amide bonds. The van der Waals surface area contributed by atoms with Crippen molar-refractivity contribution in [3.8, 4) is 5.75 Å². The zero-order valence-corrected chi connectivity index (χ0v) is 16.6. The first-order chi connectivity index (χ1) is 12.8. The molecule has 4 rings (SSSR count). The average Bonchev–Trinajstić information content (AvgIpc) is 2.86. The Balaban J connectivity index is 1.36. The Morgan fingerprint density at radius 3 is 2.69 bits per heavy atom. The monoisotopic (exact) mass is 356 g/mol. The highest BCUT2D eigenvalue weighted by atomic mass is 16.5. The normalized spacial score (nSPS) is 26.3. The maximum Gasteiger partial charge on any atom is 0.120 e. The van der Waals surface area contributed by atoms with Crippen molar-refractivity contribution in [2.24, 2.45) is 5.92 Å². The van der Waals surface area contributed by atoms with Gasteiger partial charge in [-0.25, -0.2) is 0 Å². The number of rotatable bonds is 4. The molecule has 0 N–H and O–H groups in total. The molecule has 3 nitrogen and oxygen atoms in total. The average molecular weight is 357 g/mol. The molecule has 1 aromatic rings. The van der Waals surface area contributed by atoms with Crippen LogP contribution in [0.5, 0.6) is 5.75 Å². The summed E-state index contributed by atoms with van der Waals surface area (Å²) in [4.78, 5) is 5.13. The van der Waals surface area contributed by atoms with E-state index in [2.05, 4.69) is 35.0 Å².